The van der Waals surface area contributed by atoms with Gasteiger partial charge in [0.2, 0.25) is 5.91 Å². The quantitative estimate of drug-likeness (QED) is 0.0324. The van der Waals surface area contributed by atoms with Crippen molar-refractivity contribution in [2.24, 2.45) is 0 Å². The number of nitrogens with one attached hydrogen (secondary N) is 1. The SMILES string of the molecule is CCCCC/C=C\C/C=C\CCCCCCCCCC(=O)OC(CCCCCCCCC)CC(=O)NC(CO)C(O)CCCCCCCCCCCCCCCC. The molecule has 0 spiro atoms. The van der Waals surface area contributed by atoms with Gasteiger partial charge in [-0.25, -0.2) is 0 Å². The maximum Gasteiger partial charge on any atom is 0.306 e. The van der Waals surface area contributed by atoms with Crippen molar-refractivity contribution in [1.82, 2.24) is 5.32 Å². The first-order valence-electron chi connectivity index (χ1n) is 25.1. The standard InChI is InChI=1S/C51H97NO5/c1-4-7-10-13-16-18-20-22-24-25-26-28-30-32-35-38-41-44-51(56)57-47(42-39-36-33-15-12-9-6-3)45-50(55)52-48(46-53)49(54)43-40-37-34-31-29-27-23-21-19-17-14-11-8-5-2/h16,18,22,24,47-49,53-54H,4-15,17,19-21,23,25-46H2,1-3H3,(H,52,55)/b18-16-,24-22-. The Morgan fingerprint density at radius 2 is 0.895 bits per heavy atom. The third-order valence-electron chi connectivity index (χ3n) is 11.5. The van der Waals surface area contributed by atoms with Gasteiger partial charge in [0.05, 0.1) is 25.2 Å². The number of hydrogen-bond acceptors (Lipinski definition) is 5. The molecule has 0 saturated heterocycles. The van der Waals surface area contributed by atoms with E-state index in [-0.39, 0.29) is 24.9 Å². The smallest absolute Gasteiger partial charge is 0.306 e. The molecule has 57 heavy (non-hydrogen) atoms. The van der Waals surface area contributed by atoms with E-state index in [1.54, 1.807) is 0 Å². The molecule has 6 nitrogen and oxygen atoms in total. The van der Waals surface area contributed by atoms with Crippen LogP contribution in [0.1, 0.15) is 265 Å². The van der Waals surface area contributed by atoms with Gasteiger partial charge in [-0.1, -0.05) is 218 Å². The number of unbranched alkanes of at least 4 members (excludes halogenated alkanes) is 29. The van der Waals surface area contributed by atoms with Crippen LogP contribution in [-0.2, 0) is 14.3 Å². The highest BCUT2D eigenvalue weighted by atomic mass is 16.5. The topological polar surface area (TPSA) is 95.9 Å². The van der Waals surface area contributed by atoms with Crippen molar-refractivity contribution in [2.45, 2.75) is 283 Å². The fourth-order valence-electron chi connectivity index (χ4n) is 7.70. The molecule has 0 rings (SSSR count). The summed E-state index contributed by atoms with van der Waals surface area (Å²) in [7, 11) is 0. The van der Waals surface area contributed by atoms with Crippen molar-refractivity contribution in [2.75, 3.05) is 6.61 Å². The lowest BCUT2D eigenvalue weighted by atomic mass is 10.0. The van der Waals surface area contributed by atoms with E-state index < -0.39 is 18.2 Å². The summed E-state index contributed by atoms with van der Waals surface area (Å²) in [5.41, 5.74) is 0. The molecule has 0 aromatic heterocycles. The largest absolute Gasteiger partial charge is 0.462 e. The molecule has 336 valence electrons. The maximum atomic E-state index is 13.1. The normalized spacial score (nSPS) is 13.4. The lowest BCUT2D eigenvalue weighted by molar-refractivity contribution is -0.151. The minimum Gasteiger partial charge on any atom is -0.462 e. The Morgan fingerprint density at radius 3 is 1.37 bits per heavy atom. The van der Waals surface area contributed by atoms with E-state index in [4.69, 9.17) is 4.74 Å². The Hall–Kier alpha value is -1.66. The summed E-state index contributed by atoms with van der Waals surface area (Å²) < 4.78 is 5.89. The molecule has 6 heteroatoms. The van der Waals surface area contributed by atoms with Gasteiger partial charge >= 0.3 is 5.97 Å². The van der Waals surface area contributed by atoms with E-state index in [0.717, 1.165) is 57.8 Å². The second-order valence-electron chi connectivity index (χ2n) is 17.2. The molecule has 0 bridgehead atoms. The van der Waals surface area contributed by atoms with Gasteiger partial charge in [0, 0.05) is 6.42 Å². The van der Waals surface area contributed by atoms with E-state index in [0.29, 0.717) is 19.3 Å². The van der Waals surface area contributed by atoms with Crippen LogP contribution >= 0.6 is 0 Å². The van der Waals surface area contributed by atoms with Crippen molar-refractivity contribution >= 4 is 11.9 Å². The number of allylic oxidation sites excluding steroid dienone is 4. The second-order valence-corrected chi connectivity index (χ2v) is 17.2. The number of esters is 1. The van der Waals surface area contributed by atoms with Gasteiger partial charge in [-0.05, 0) is 57.8 Å². The number of ether oxygens (including phenoxy) is 1. The van der Waals surface area contributed by atoms with Crippen molar-refractivity contribution in [3.05, 3.63) is 24.3 Å². The van der Waals surface area contributed by atoms with Crippen LogP contribution in [0.3, 0.4) is 0 Å². The average Bonchev–Trinajstić information content (AvgIpc) is 3.20. The first kappa shape index (κ1) is 55.3. The van der Waals surface area contributed by atoms with Crippen molar-refractivity contribution in [3.63, 3.8) is 0 Å². The van der Waals surface area contributed by atoms with Crippen molar-refractivity contribution in [1.29, 1.82) is 0 Å². The molecule has 3 N–H and O–H groups in total. The van der Waals surface area contributed by atoms with Crippen LogP contribution in [0.5, 0.6) is 0 Å². The lowest BCUT2D eigenvalue weighted by Crippen LogP contribution is -2.46. The van der Waals surface area contributed by atoms with Crippen molar-refractivity contribution in [3.8, 4) is 0 Å². The first-order chi connectivity index (χ1) is 28.0. The Bertz CT molecular complexity index is 904. The molecular formula is C51H97NO5. The van der Waals surface area contributed by atoms with E-state index >= 15 is 0 Å². The molecule has 1 amide bonds. The lowest BCUT2D eigenvalue weighted by Gasteiger charge is -2.24. The summed E-state index contributed by atoms with van der Waals surface area (Å²) in [6, 6.07) is -0.696. The zero-order valence-corrected chi connectivity index (χ0v) is 38.2. The highest BCUT2D eigenvalue weighted by molar-refractivity contribution is 5.77. The third-order valence-corrected chi connectivity index (χ3v) is 11.5. The first-order valence-corrected chi connectivity index (χ1v) is 25.1. The summed E-state index contributed by atoms with van der Waals surface area (Å²) in [6.45, 7) is 6.44. The number of hydrogen-bond donors (Lipinski definition) is 3. The molecule has 0 aromatic rings. The van der Waals surface area contributed by atoms with E-state index in [1.165, 1.54) is 161 Å². The summed E-state index contributed by atoms with van der Waals surface area (Å²) >= 11 is 0. The molecule has 0 heterocycles. The van der Waals surface area contributed by atoms with Crippen LogP contribution in [0.2, 0.25) is 0 Å². The second kappa shape index (κ2) is 45.4. The van der Waals surface area contributed by atoms with E-state index in [2.05, 4.69) is 50.4 Å². The number of carbonyl (C=O) groups is 2. The molecule has 0 aliphatic rings. The van der Waals surface area contributed by atoms with Gasteiger partial charge < -0.3 is 20.3 Å². The molecule has 0 fully saturated rings. The van der Waals surface area contributed by atoms with Crippen LogP contribution in [0.4, 0.5) is 0 Å². The van der Waals surface area contributed by atoms with Gasteiger partial charge in [0.15, 0.2) is 0 Å². The van der Waals surface area contributed by atoms with Gasteiger partial charge in [-0.15, -0.1) is 0 Å². The maximum absolute atomic E-state index is 13.1. The van der Waals surface area contributed by atoms with Gasteiger partial charge in [0.1, 0.15) is 6.10 Å². The fourth-order valence-corrected chi connectivity index (χ4v) is 7.70. The summed E-state index contributed by atoms with van der Waals surface area (Å²) in [5.74, 6) is -0.477. The Morgan fingerprint density at radius 1 is 0.509 bits per heavy atom. The molecule has 3 unspecified atom stereocenters. The molecular weight excluding hydrogens is 707 g/mol. The zero-order chi connectivity index (χ0) is 41.7. The number of rotatable bonds is 45. The van der Waals surface area contributed by atoms with Crippen LogP contribution < -0.4 is 5.32 Å². The van der Waals surface area contributed by atoms with E-state index in [1.807, 2.05) is 0 Å². The highest BCUT2D eigenvalue weighted by Gasteiger charge is 2.24. The van der Waals surface area contributed by atoms with E-state index in [9.17, 15) is 19.8 Å². The number of aliphatic hydroxyl groups is 2. The molecule has 0 radical (unpaired) electrons. The average molecular weight is 804 g/mol. The van der Waals surface area contributed by atoms with Crippen LogP contribution in [0.25, 0.3) is 0 Å². The minimum absolute atomic E-state index is 0.0780. The van der Waals surface area contributed by atoms with Gasteiger partial charge in [0.25, 0.3) is 0 Å². The van der Waals surface area contributed by atoms with Gasteiger partial charge in [-0.3, -0.25) is 9.59 Å². The van der Waals surface area contributed by atoms with Gasteiger partial charge in [-0.2, -0.15) is 0 Å². The number of carbonyl (C=O) groups excluding carboxylic acids is 2. The molecule has 0 aliphatic carbocycles. The summed E-state index contributed by atoms with van der Waals surface area (Å²) in [6.07, 6.45) is 51.0. The third kappa shape index (κ3) is 40.9. The van der Waals surface area contributed by atoms with Crippen LogP contribution in [-0.4, -0.2) is 46.9 Å². The summed E-state index contributed by atoms with van der Waals surface area (Å²) in [4.78, 5) is 26.0. The van der Waals surface area contributed by atoms with Crippen LogP contribution in [0, 0.1) is 0 Å². The zero-order valence-electron chi connectivity index (χ0n) is 38.2. The highest BCUT2D eigenvalue weighted by Crippen LogP contribution is 2.18. The predicted octanol–water partition coefficient (Wildman–Crippen LogP) is 14.7. The molecule has 0 saturated carbocycles. The van der Waals surface area contributed by atoms with Crippen LogP contribution in [0.15, 0.2) is 24.3 Å². The minimum atomic E-state index is -0.783. The van der Waals surface area contributed by atoms with Crippen molar-refractivity contribution < 1.29 is 24.5 Å². The fraction of sp³-hybridized carbons (Fsp3) is 0.882. The molecule has 3 atom stereocenters. The summed E-state index contributed by atoms with van der Waals surface area (Å²) in [5, 5.41) is 23.7. The number of aliphatic hydroxyl groups excluding tert-OH is 2. The number of amides is 1. The Labute approximate surface area is 354 Å². The molecule has 0 aromatic carbocycles. The Balaban J connectivity index is 4.36. The predicted molar refractivity (Wildman–Crippen MR) is 246 cm³/mol. The Kier molecular flexibility index (Phi) is 44.1. The molecule has 0 aliphatic heterocycles. The monoisotopic (exact) mass is 804 g/mol.